The van der Waals surface area contributed by atoms with Gasteiger partial charge in [0.25, 0.3) is 0 Å². The number of benzene rings is 1. The first kappa shape index (κ1) is 13.2. The van der Waals surface area contributed by atoms with Crippen LogP contribution >= 0.6 is 0 Å². The average molecular weight is 269 g/mol. The smallest absolute Gasteiger partial charge is 0.0827 e. The van der Waals surface area contributed by atoms with Crippen LogP contribution in [0, 0.1) is 20.8 Å². The summed E-state index contributed by atoms with van der Waals surface area (Å²) in [5.41, 5.74) is 6.36. The molecule has 3 nitrogen and oxygen atoms in total. The van der Waals surface area contributed by atoms with Crippen molar-refractivity contribution in [3.63, 3.8) is 0 Å². The fourth-order valence-corrected chi connectivity index (χ4v) is 3.03. The minimum absolute atomic E-state index is 0.586. The lowest BCUT2D eigenvalue weighted by molar-refractivity contribution is 0.374. The molecule has 3 heteroatoms. The van der Waals surface area contributed by atoms with E-state index >= 15 is 0 Å². The van der Waals surface area contributed by atoms with Gasteiger partial charge < -0.3 is 5.32 Å². The van der Waals surface area contributed by atoms with Crippen molar-refractivity contribution < 1.29 is 0 Å². The van der Waals surface area contributed by atoms with Crippen LogP contribution in [0.15, 0.2) is 24.3 Å². The molecule has 0 aliphatic heterocycles. The topological polar surface area (TPSA) is 29.9 Å². The molecule has 0 bridgehead atoms. The van der Waals surface area contributed by atoms with Gasteiger partial charge in [0.15, 0.2) is 0 Å². The SMILES string of the molecule is Cc1ccc(C2CC(Nc3c(C)nn(C)c3C)C2)cc1. The first-order chi connectivity index (χ1) is 9.54. The average Bonchev–Trinajstić information content (AvgIpc) is 2.60. The normalized spacial score (nSPS) is 21.6. The minimum atomic E-state index is 0.586. The minimum Gasteiger partial charge on any atom is -0.379 e. The van der Waals surface area contributed by atoms with Crippen molar-refractivity contribution in [2.45, 2.75) is 45.6 Å². The number of aryl methyl sites for hydroxylation is 3. The number of hydrogen-bond donors (Lipinski definition) is 1. The van der Waals surface area contributed by atoms with E-state index in [2.05, 4.69) is 55.5 Å². The lowest BCUT2D eigenvalue weighted by Gasteiger charge is -2.37. The highest BCUT2D eigenvalue weighted by Crippen LogP contribution is 2.39. The molecule has 106 valence electrons. The Morgan fingerprint density at radius 3 is 2.30 bits per heavy atom. The molecule has 0 radical (unpaired) electrons. The van der Waals surface area contributed by atoms with Crippen LogP contribution < -0.4 is 5.32 Å². The van der Waals surface area contributed by atoms with Crippen LogP contribution in [-0.4, -0.2) is 15.8 Å². The summed E-state index contributed by atoms with van der Waals surface area (Å²) in [5, 5.41) is 8.13. The van der Waals surface area contributed by atoms with Gasteiger partial charge in [0.1, 0.15) is 0 Å². The lowest BCUT2D eigenvalue weighted by atomic mass is 9.75. The fraction of sp³-hybridized carbons (Fsp3) is 0.471. The van der Waals surface area contributed by atoms with Gasteiger partial charge in [0.05, 0.1) is 17.1 Å². The molecule has 1 N–H and O–H groups in total. The van der Waals surface area contributed by atoms with Crippen molar-refractivity contribution in [3.05, 3.63) is 46.8 Å². The van der Waals surface area contributed by atoms with Crippen molar-refractivity contribution in [1.82, 2.24) is 9.78 Å². The summed E-state index contributed by atoms with van der Waals surface area (Å²) in [6.07, 6.45) is 2.44. The molecule has 0 atom stereocenters. The fourth-order valence-electron chi connectivity index (χ4n) is 3.03. The molecule has 20 heavy (non-hydrogen) atoms. The van der Waals surface area contributed by atoms with E-state index in [9.17, 15) is 0 Å². The highest BCUT2D eigenvalue weighted by Gasteiger charge is 2.31. The number of anilines is 1. The molecule has 0 saturated heterocycles. The molecule has 0 spiro atoms. The Hall–Kier alpha value is -1.77. The molecule has 1 aromatic carbocycles. The molecular formula is C17H23N3. The van der Waals surface area contributed by atoms with Crippen LogP contribution in [0.25, 0.3) is 0 Å². The monoisotopic (exact) mass is 269 g/mol. The van der Waals surface area contributed by atoms with Crippen molar-refractivity contribution in [1.29, 1.82) is 0 Å². The van der Waals surface area contributed by atoms with Gasteiger partial charge in [-0.15, -0.1) is 0 Å². The second kappa shape index (κ2) is 4.97. The first-order valence-corrected chi connectivity index (χ1v) is 7.38. The van der Waals surface area contributed by atoms with E-state index < -0.39 is 0 Å². The van der Waals surface area contributed by atoms with Crippen LogP contribution in [0.2, 0.25) is 0 Å². The Morgan fingerprint density at radius 2 is 1.75 bits per heavy atom. The van der Waals surface area contributed by atoms with Crippen LogP contribution in [0.1, 0.15) is 41.3 Å². The summed E-state index contributed by atoms with van der Waals surface area (Å²) in [6, 6.07) is 9.56. The maximum absolute atomic E-state index is 4.46. The Kier molecular flexibility index (Phi) is 3.28. The summed E-state index contributed by atoms with van der Waals surface area (Å²) in [4.78, 5) is 0. The highest BCUT2D eigenvalue weighted by molar-refractivity contribution is 5.53. The van der Waals surface area contributed by atoms with E-state index in [-0.39, 0.29) is 0 Å². The molecule has 2 aromatic rings. The lowest BCUT2D eigenvalue weighted by Crippen LogP contribution is -2.34. The molecule has 0 amide bonds. The van der Waals surface area contributed by atoms with E-state index in [1.165, 1.54) is 35.3 Å². The van der Waals surface area contributed by atoms with Crippen molar-refractivity contribution in [2.75, 3.05) is 5.32 Å². The third-order valence-electron chi connectivity index (χ3n) is 4.54. The van der Waals surface area contributed by atoms with E-state index in [1.54, 1.807) is 0 Å². The second-order valence-electron chi connectivity index (χ2n) is 6.09. The molecule has 1 aromatic heterocycles. The zero-order valence-electron chi connectivity index (χ0n) is 12.8. The number of rotatable bonds is 3. The van der Waals surface area contributed by atoms with Gasteiger partial charge in [-0.25, -0.2) is 0 Å². The Bertz CT molecular complexity index is 604. The van der Waals surface area contributed by atoms with Gasteiger partial charge in [-0.3, -0.25) is 4.68 Å². The molecule has 1 fully saturated rings. The molecule has 3 rings (SSSR count). The van der Waals surface area contributed by atoms with Gasteiger partial charge >= 0.3 is 0 Å². The van der Waals surface area contributed by atoms with Gasteiger partial charge in [-0.05, 0) is 45.1 Å². The van der Waals surface area contributed by atoms with Crippen LogP contribution in [0.5, 0.6) is 0 Å². The summed E-state index contributed by atoms with van der Waals surface area (Å²) in [5.74, 6) is 0.713. The van der Waals surface area contributed by atoms with E-state index in [0.29, 0.717) is 12.0 Å². The Balaban J connectivity index is 1.62. The van der Waals surface area contributed by atoms with E-state index in [0.717, 1.165) is 5.69 Å². The highest BCUT2D eigenvalue weighted by atomic mass is 15.3. The predicted octanol–water partition coefficient (Wildman–Crippen LogP) is 3.70. The standard InChI is InChI=1S/C17H23N3/c1-11-5-7-14(8-6-11)15-9-16(10-15)18-17-12(2)19-20(4)13(17)3/h5-8,15-16,18H,9-10H2,1-4H3. The maximum atomic E-state index is 4.46. The molecule has 1 heterocycles. The largest absolute Gasteiger partial charge is 0.379 e. The molecule has 0 unspecified atom stereocenters. The quantitative estimate of drug-likeness (QED) is 0.920. The van der Waals surface area contributed by atoms with Gasteiger partial charge in [-0.1, -0.05) is 29.8 Å². The van der Waals surface area contributed by atoms with Gasteiger partial charge in [0, 0.05) is 13.1 Å². The number of hydrogen-bond acceptors (Lipinski definition) is 2. The third-order valence-corrected chi connectivity index (χ3v) is 4.54. The summed E-state index contributed by atoms with van der Waals surface area (Å²) >= 11 is 0. The predicted molar refractivity (Wildman–Crippen MR) is 83.2 cm³/mol. The van der Waals surface area contributed by atoms with Gasteiger partial charge in [0.2, 0.25) is 0 Å². The molecule has 1 aliphatic rings. The van der Waals surface area contributed by atoms with Crippen molar-refractivity contribution in [2.24, 2.45) is 7.05 Å². The van der Waals surface area contributed by atoms with Crippen molar-refractivity contribution >= 4 is 5.69 Å². The Labute approximate surface area is 121 Å². The zero-order valence-corrected chi connectivity index (χ0v) is 12.8. The maximum Gasteiger partial charge on any atom is 0.0827 e. The Morgan fingerprint density at radius 1 is 1.10 bits per heavy atom. The summed E-state index contributed by atoms with van der Waals surface area (Å²) < 4.78 is 1.95. The van der Waals surface area contributed by atoms with Crippen LogP contribution in [-0.2, 0) is 7.05 Å². The van der Waals surface area contributed by atoms with E-state index in [1.807, 2.05) is 11.7 Å². The first-order valence-electron chi connectivity index (χ1n) is 7.38. The van der Waals surface area contributed by atoms with Crippen LogP contribution in [0.4, 0.5) is 5.69 Å². The summed E-state index contributed by atoms with van der Waals surface area (Å²) in [6.45, 7) is 6.34. The zero-order chi connectivity index (χ0) is 14.3. The second-order valence-corrected chi connectivity index (χ2v) is 6.09. The van der Waals surface area contributed by atoms with Crippen LogP contribution in [0.3, 0.4) is 0 Å². The molecular weight excluding hydrogens is 246 g/mol. The van der Waals surface area contributed by atoms with Gasteiger partial charge in [-0.2, -0.15) is 5.10 Å². The molecule has 1 saturated carbocycles. The molecule has 1 aliphatic carbocycles. The number of nitrogens with zero attached hydrogens (tertiary/aromatic N) is 2. The summed E-state index contributed by atoms with van der Waals surface area (Å²) in [7, 11) is 2.00. The third kappa shape index (κ3) is 2.33. The van der Waals surface area contributed by atoms with Crippen molar-refractivity contribution in [3.8, 4) is 0 Å². The number of nitrogens with one attached hydrogen (secondary N) is 1. The number of aromatic nitrogens is 2. The van der Waals surface area contributed by atoms with E-state index in [4.69, 9.17) is 0 Å².